The highest BCUT2D eigenvalue weighted by Gasteiger charge is 2.09. The molecule has 0 radical (unpaired) electrons. The van der Waals surface area contributed by atoms with Crippen LogP contribution in [-0.2, 0) is 12.8 Å². The lowest BCUT2D eigenvalue weighted by Crippen LogP contribution is -2.41. The van der Waals surface area contributed by atoms with Crippen molar-refractivity contribution in [2.75, 3.05) is 26.2 Å². The average molecular weight is 517 g/mol. The summed E-state index contributed by atoms with van der Waals surface area (Å²) < 4.78 is 0. The van der Waals surface area contributed by atoms with Gasteiger partial charge in [-0.3, -0.25) is 9.79 Å². The summed E-state index contributed by atoms with van der Waals surface area (Å²) in [6.07, 6.45) is 3.75. The number of nitrogens with zero attached hydrogens (tertiary/aromatic N) is 2. The van der Waals surface area contributed by atoms with Crippen molar-refractivity contribution in [1.82, 2.24) is 20.9 Å². The van der Waals surface area contributed by atoms with Gasteiger partial charge in [-0.1, -0.05) is 19.1 Å². The molecule has 1 aromatic heterocycles. The van der Waals surface area contributed by atoms with Crippen molar-refractivity contribution in [2.45, 2.75) is 26.7 Å². The number of halogens is 1. The molecule has 4 N–H and O–H groups in total. The molecule has 28 heavy (non-hydrogen) atoms. The van der Waals surface area contributed by atoms with Crippen molar-refractivity contribution in [3.63, 3.8) is 0 Å². The van der Waals surface area contributed by atoms with Gasteiger partial charge in [-0.05, 0) is 25.5 Å². The standard InChI is InChI=1S/C19H27N5O2S.HI/c1-3-14-13-24-17(27-14)9-10-22-19(20-4-2)23-12-11-21-18(26)15-7-5-6-8-16(15)25;/h5-8,13,25H,3-4,9-12H2,1-2H3,(H,21,26)(H2,20,22,23);1H. The van der Waals surface area contributed by atoms with Crippen LogP contribution >= 0.6 is 35.3 Å². The summed E-state index contributed by atoms with van der Waals surface area (Å²) in [5.74, 6) is 0.389. The van der Waals surface area contributed by atoms with Gasteiger partial charge in [-0.25, -0.2) is 4.98 Å². The maximum atomic E-state index is 12.0. The van der Waals surface area contributed by atoms with Crippen LogP contribution in [0.2, 0.25) is 0 Å². The van der Waals surface area contributed by atoms with Crippen LogP contribution in [0.5, 0.6) is 5.75 Å². The molecule has 0 saturated carbocycles. The Morgan fingerprint density at radius 2 is 1.93 bits per heavy atom. The fourth-order valence-corrected chi connectivity index (χ4v) is 3.20. The third-order valence-electron chi connectivity index (χ3n) is 3.74. The zero-order valence-electron chi connectivity index (χ0n) is 16.2. The maximum Gasteiger partial charge on any atom is 0.255 e. The first-order valence-electron chi connectivity index (χ1n) is 9.16. The Bertz CT molecular complexity index is 766. The molecule has 0 saturated heterocycles. The number of aliphatic imine (C=N–C) groups is 1. The van der Waals surface area contributed by atoms with Crippen molar-refractivity contribution in [1.29, 1.82) is 0 Å². The summed E-state index contributed by atoms with van der Waals surface area (Å²) in [5, 5.41) is 19.9. The van der Waals surface area contributed by atoms with Crippen molar-refractivity contribution < 1.29 is 9.90 Å². The normalized spacial score (nSPS) is 10.9. The number of aryl methyl sites for hydroxylation is 1. The van der Waals surface area contributed by atoms with Crippen molar-refractivity contribution in [3.05, 3.63) is 45.9 Å². The molecule has 2 aromatic rings. The molecule has 7 nitrogen and oxygen atoms in total. The molecule has 0 bridgehead atoms. The van der Waals surface area contributed by atoms with Gasteiger partial charge in [-0.15, -0.1) is 35.3 Å². The van der Waals surface area contributed by atoms with E-state index in [4.69, 9.17) is 0 Å². The molecule has 0 unspecified atom stereocenters. The molecular weight excluding hydrogens is 489 g/mol. The molecule has 0 aliphatic heterocycles. The summed E-state index contributed by atoms with van der Waals surface area (Å²) in [5.41, 5.74) is 0.271. The fourth-order valence-electron chi connectivity index (χ4n) is 2.35. The minimum Gasteiger partial charge on any atom is -0.507 e. The van der Waals surface area contributed by atoms with Crippen molar-refractivity contribution in [3.8, 4) is 5.75 Å². The number of phenols is 1. The van der Waals surface area contributed by atoms with E-state index >= 15 is 0 Å². The van der Waals surface area contributed by atoms with Crippen LogP contribution < -0.4 is 16.0 Å². The predicted octanol–water partition coefficient (Wildman–Crippen LogP) is 2.56. The molecule has 0 aliphatic carbocycles. The summed E-state index contributed by atoms with van der Waals surface area (Å²) >= 11 is 1.73. The zero-order chi connectivity index (χ0) is 19.5. The maximum absolute atomic E-state index is 12.0. The first-order chi connectivity index (χ1) is 13.1. The SMILES string of the molecule is CCNC(=NCCc1ncc(CC)s1)NCCNC(=O)c1ccccc1O.I. The number of phenolic OH excluding ortho intramolecular Hbond substituents is 1. The molecule has 2 rings (SSSR count). The molecule has 0 fully saturated rings. The van der Waals surface area contributed by atoms with Crippen LogP contribution in [0, 0.1) is 0 Å². The number of nitrogens with one attached hydrogen (secondary N) is 3. The van der Waals surface area contributed by atoms with E-state index in [1.165, 1.54) is 10.9 Å². The Labute approximate surface area is 187 Å². The number of guanidine groups is 1. The van der Waals surface area contributed by atoms with Crippen LogP contribution in [-0.4, -0.2) is 48.1 Å². The fraction of sp³-hybridized carbons (Fsp3) is 0.421. The zero-order valence-corrected chi connectivity index (χ0v) is 19.3. The number of thiazole rings is 1. The van der Waals surface area contributed by atoms with Crippen LogP contribution in [0.4, 0.5) is 0 Å². The van der Waals surface area contributed by atoms with Crippen molar-refractivity contribution >= 4 is 47.2 Å². The topological polar surface area (TPSA) is 98.6 Å². The summed E-state index contributed by atoms with van der Waals surface area (Å²) in [6, 6.07) is 6.48. The molecule has 0 aliphatic rings. The van der Waals surface area contributed by atoms with Gasteiger partial charge in [0.25, 0.3) is 5.91 Å². The van der Waals surface area contributed by atoms with Gasteiger partial charge < -0.3 is 21.1 Å². The Hall–Kier alpha value is -1.88. The van der Waals surface area contributed by atoms with Gasteiger partial charge in [0.05, 0.1) is 10.6 Å². The Kier molecular flexibility index (Phi) is 11.5. The van der Waals surface area contributed by atoms with E-state index in [0.29, 0.717) is 25.6 Å². The van der Waals surface area contributed by atoms with Gasteiger partial charge in [-0.2, -0.15) is 0 Å². The largest absolute Gasteiger partial charge is 0.507 e. The van der Waals surface area contributed by atoms with Gasteiger partial charge >= 0.3 is 0 Å². The van der Waals surface area contributed by atoms with E-state index in [-0.39, 0.29) is 41.2 Å². The number of carbonyl (C=O) groups excluding carboxylic acids is 1. The summed E-state index contributed by atoms with van der Waals surface area (Å²) in [7, 11) is 0. The number of hydrogen-bond donors (Lipinski definition) is 4. The molecule has 1 aromatic carbocycles. The lowest BCUT2D eigenvalue weighted by Gasteiger charge is -2.12. The van der Waals surface area contributed by atoms with Crippen LogP contribution in [0.25, 0.3) is 0 Å². The number of aromatic hydroxyl groups is 1. The lowest BCUT2D eigenvalue weighted by molar-refractivity contribution is 0.0951. The monoisotopic (exact) mass is 517 g/mol. The van der Waals surface area contributed by atoms with E-state index < -0.39 is 0 Å². The van der Waals surface area contributed by atoms with Crippen molar-refractivity contribution in [2.24, 2.45) is 4.99 Å². The van der Waals surface area contributed by atoms with Gasteiger partial charge in [0, 0.05) is 43.7 Å². The first kappa shape index (κ1) is 24.2. The van der Waals surface area contributed by atoms with E-state index in [1.54, 1.807) is 29.5 Å². The van der Waals surface area contributed by atoms with E-state index in [0.717, 1.165) is 24.4 Å². The second-order valence-corrected chi connectivity index (χ2v) is 6.98. The van der Waals surface area contributed by atoms with E-state index in [1.807, 2.05) is 13.1 Å². The number of rotatable bonds is 9. The summed E-state index contributed by atoms with van der Waals surface area (Å²) in [4.78, 5) is 22.3. The predicted molar refractivity (Wildman–Crippen MR) is 125 cm³/mol. The van der Waals surface area contributed by atoms with Crippen LogP contribution in [0.3, 0.4) is 0 Å². The number of carbonyl (C=O) groups is 1. The second-order valence-electron chi connectivity index (χ2n) is 5.78. The Morgan fingerprint density at radius 3 is 2.61 bits per heavy atom. The highest BCUT2D eigenvalue weighted by atomic mass is 127. The number of para-hydroxylation sites is 1. The average Bonchev–Trinajstić information content (AvgIpc) is 3.13. The third kappa shape index (κ3) is 8.01. The minimum absolute atomic E-state index is 0. The van der Waals surface area contributed by atoms with Gasteiger partial charge in [0.2, 0.25) is 0 Å². The Balaban J connectivity index is 0.00000392. The number of hydrogen-bond acceptors (Lipinski definition) is 5. The molecule has 0 atom stereocenters. The smallest absolute Gasteiger partial charge is 0.255 e. The number of amides is 1. The molecule has 154 valence electrons. The van der Waals surface area contributed by atoms with Gasteiger partial charge in [0.1, 0.15) is 5.75 Å². The Morgan fingerprint density at radius 1 is 1.18 bits per heavy atom. The number of aromatic nitrogens is 1. The van der Waals surface area contributed by atoms with E-state index in [2.05, 4.69) is 32.9 Å². The lowest BCUT2D eigenvalue weighted by atomic mass is 10.2. The van der Waals surface area contributed by atoms with Crippen LogP contribution in [0.15, 0.2) is 35.5 Å². The van der Waals surface area contributed by atoms with E-state index in [9.17, 15) is 9.90 Å². The molecule has 9 heteroatoms. The molecule has 0 spiro atoms. The second kappa shape index (κ2) is 13.3. The first-order valence-corrected chi connectivity index (χ1v) is 9.97. The summed E-state index contributed by atoms with van der Waals surface area (Å²) in [6.45, 7) is 6.49. The van der Waals surface area contributed by atoms with Crippen LogP contribution in [0.1, 0.15) is 34.1 Å². The highest BCUT2D eigenvalue weighted by Crippen LogP contribution is 2.15. The molecule has 1 heterocycles. The molecule has 1 amide bonds. The van der Waals surface area contributed by atoms with Gasteiger partial charge in [0.15, 0.2) is 5.96 Å². The third-order valence-corrected chi connectivity index (χ3v) is 4.94. The number of benzene rings is 1. The highest BCUT2D eigenvalue weighted by molar-refractivity contribution is 14.0. The molecular formula is C19H28IN5O2S. The minimum atomic E-state index is -0.299. The quantitative estimate of drug-likeness (QED) is 0.178.